The van der Waals surface area contributed by atoms with Crippen molar-refractivity contribution >= 4 is 5.78 Å². The summed E-state index contributed by atoms with van der Waals surface area (Å²) in [6, 6.07) is 11.4. The van der Waals surface area contributed by atoms with Crippen LogP contribution < -0.4 is 0 Å². The van der Waals surface area contributed by atoms with Gasteiger partial charge in [-0.1, -0.05) is 30.3 Å². The van der Waals surface area contributed by atoms with E-state index in [2.05, 4.69) is 6.07 Å². The Hall–Kier alpha value is -2.08. The number of aliphatic hydroxyl groups is 1. The van der Waals surface area contributed by atoms with Crippen LogP contribution in [0.4, 0.5) is 0 Å². The molecular weight excluding hydrogens is 202 g/mol. The molecule has 16 heavy (non-hydrogen) atoms. The largest absolute Gasteiger partial charge is 0.511 e. The molecule has 2 rings (SSSR count). The van der Waals surface area contributed by atoms with Gasteiger partial charge in [0.1, 0.15) is 11.7 Å². The molecule has 0 heterocycles. The first kappa shape index (κ1) is 10.4. The highest BCUT2D eigenvalue weighted by molar-refractivity contribution is 5.92. The number of ketones is 1. The van der Waals surface area contributed by atoms with Crippen LogP contribution in [-0.2, 0) is 4.79 Å². The Labute approximate surface area is 93.6 Å². The number of rotatable bonds is 1. The second-order valence-corrected chi connectivity index (χ2v) is 3.86. The van der Waals surface area contributed by atoms with Crippen molar-refractivity contribution in [2.24, 2.45) is 5.92 Å². The van der Waals surface area contributed by atoms with Gasteiger partial charge in [-0.15, -0.1) is 0 Å². The number of benzene rings is 1. The highest BCUT2D eigenvalue weighted by atomic mass is 16.3. The Balaban J connectivity index is 2.39. The normalized spacial score (nSPS) is 24.7. The number of aliphatic hydroxyl groups excluding tert-OH is 1. The molecule has 0 spiro atoms. The summed E-state index contributed by atoms with van der Waals surface area (Å²) < 4.78 is 0. The van der Waals surface area contributed by atoms with Gasteiger partial charge in [0, 0.05) is 18.4 Å². The number of carbonyl (C=O) groups excluding carboxylic acids is 1. The van der Waals surface area contributed by atoms with Gasteiger partial charge in [-0.3, -0.25) is 4.79 Å². The lowest BCUT2D eigenvalue weighted by molar-refractivity contribution is -0.115. The van der Waals surface area contributed by atoms with E-state index in [0.717, 1.165) is 11.6 Å². The summed E-state index contributed by atoms with van der Waals surface area (Å²) in [6.07, 6.45) is 1.44. The number of allylic oxidation sites excluding steroid dienone is 2. The van der Waals surface area contributed by atoms with E-state index in [4.69, 9.17) is 5.26 Å². The molecule has 1 N–H and O–H groups in total. The molecule has 0 aromatic heterocycles. The first-order valence-corrected chi connectivity index (χ1v) is 5.10. The Kier molecular flexibility index (Phi) is 2.74. The van der Waals surface area contributed by atoms with E-state index < -0.39 is 5.92 Å². The average molecular weight is 213 g/mol. The smallest absolute Gasteiger partial charge is 0.159 e. The fraction of sp³-hybridized carbons (Fsp3) is 0.231. The molecule has 0 saturated heterocycles. The molecule has 0 bridgehead atoms. The summed E-state index contributed by atoms with van der Waals surface area (Å²) >= 11 is 0. The molecule has 0 radical (unpaired) electrons. The zero-order valence-electron chi connectivity index (χ0n) is 8.63. The number of nitriles is 1. The van der Waals surface area contributed by atoms with Gasteiger partial charge in [0.25, 0.3) is 0 Å². The van der Waals surface area contributed by atoms with Crippen LogP contribution in [0.2, 0.25) is 0 Å². The summed E-state index contributed by atoms with van der Waals surface area (Å²) in [5, 5.41) is 18.6. The maximum absolute atomic E-state index is 11.4. The highest BCUT2D eigenvalue weighted by Crippen LogP contribution is 2.35. The van der Waals surface area contributed by atoms with Gasteiger partial charge < -0.3 is 5.11 Å². The fourth-order valence-corrected chi connectivity index (χ4v) is 2.02. The predicted molar refractivity (Wildman–Crippen MR) is 58.6 cm³/mol. The molecule has 1 aliphatic rings. The molecule has 0 saturated carbocycles. The topological polar surface area (TPSA) is 61.1 Å². The minimum Gasteiger partial charge on any atom is -0.511 e. The van der Waals surface area contributed by atoms with E-state index in [1.807, 2.05) is 30.3 Å². The summed E-state index contributed by atoms with van der Waals surface area (Å²) in [4.78, 5) is 11.4. The second-order valence-electron chi connectivity index (χ2n) is 3.86. The molecule has 0 amide bonds. The Morgan fingerprint density at radius 2 is 2.00 bits per heavy atom. The lowest BCUT2D eigenvalue weighted by Crippen LogP contribution is -2.22. The van der Waals surface area contributed by atoms with Crippen LogP contribution in [0.1, 0.15) is 17.9 Å². The Morgan fingerprint density at radius 3 is 2.62 bits per heavy atom. The minimum atomic E-state index is -0.611. The zero-order valence-corrected chi connectivity index (χ0v) is 8.63. The molecule has 2 atom stereocenters. The van der Waals surface area contributed by atoms with Crippen LogP contribution in [0.15, 0.2) is 42.2 Å². The van der Waals surface area contributed by atoms with Gasteiger partial charge >= 0.3 is 0 Å². The number of hydrogen-bond acceptors (Lipinski definition) is 3. The van der Waals surface area contributed by atoms with Crippen molar-refractivity contribution in [1.82, 2.24) is 0 Å². The lowest BCUT2D eigenvalue weighted by atomic mass is 9.78. The summed E-state index contributed by atoms with van der Waals surface area (Å²) in [5.41, 5.74) is 0.919. The number of nitrogens with zero attached hydrogens (tertiary/aromatic N) is 1. The van der Waals surface area contributed by atoms with Crippen molar-refractivity contribution < 1.29 is 9.90 Å². The maximum atomic E-state index is 11.4. The van der Waals surface area contributed by atoms with Crippen LogP contribution in [0.5, 0.6) is 0 Å². The second kappa shape index (κ2) is 4.19. The van der Waals surface area contributed by atoms with Gasteiger partial charge in [-0.25, -0.2) is 0 Å². The Morgan fingerprint density at radius 1 is 1.31 bits per heavy atom. The van der Waals surface area contributed by atoms with Crippen LogP contribution in [0, 0.1) is 17.2 Å². The van der Waals surface area contributed by atoms with Crippen molar-refractivity contribution in [3.63, 3.8) is 0 Å². The van der Waals surface area contributed by atoms with E-state index in [9.17, 15) is 9.90 Å². The van der Waals surface area contributed by atoms with Crippen LogP contribution in [0.25, 0.3) is 0 Å². The fourth-order valence-electron chi connectivity index (χ4n) is 2.02. The van der Waals surface area contributed by atoms with E-state index in [1.54, 1.807) is 0 Å². The van der Waals surface area contributed by atoms with E-state index in [-0.39, 0.29) is 23.9 Å². The lowest BCUT2D eigenvalue weighted by Gasteiger charge is -2.24. The molecule has 0 unspecified atom stereocenters. The maximum Gasteiger partial charge on any atom is 0.159 e. The van der Waals surface area contributed by atoms with Crippen molar-refractivity contribution in [2.45, 2.75) is 12.3 Å². The molecule has 3 heteroatoms. The van der Waals surface area contributed by atoms with Gasteiger partial charge in [-0.2, -0.15) is 5.26 Å². The zero-order chi connectivity index (χ0) is 11.5. The van der Waals surface area contributed by atoms with Crippen molar-refractivity contribution in [2.75, 3.05) is 0 Å². The minimum absolute atomic E-state index is 0.118. The van der Waals surface area contributed by atoms with Gasteiger partial charge in [0.15, 0.2) is 5.78 Å². The molecule has 1 aromatic rings. The van der Waals surface area contributed by atoms with Crippen molar-refractivity contribution in [3.05, 3.63) is 47.7 Å². The third-order valence-corrected chi connectivity index (χ3v) is 2.82. The van der Waals surface area contributed by atoms with E-state index in [1.165, 1.54) is 0 Å². The molecule has 3 nitrogen and oxygen atoms in total. The highest BCUT2D eigenvalue weighted by Gasteiger charge is 2.32. The predicted octanol–water partition coefficient (Wildman–Crippen LogP) is 2.32. The van der Waals surface area contributed by atoms with Gasteiger partial charge in [-0.05, 0) is 5.56 Å². The summed E-state index contributed by atoms with van der Waals surface area (Å²) in [6.45, 7) is 0. The standard InChI is InChI=1S/C13H11NO2/c14-8-12-11(6-10(15)7-13(12)16)9-4-2-1-3-5-9/h1-5,7,11-12,16H,6H2/t11-,12+/m0/s1. The quantitative estimate of drug-likeness (QED) is 0.778. The van der Waals surface area contributed by atoms with E-state index in [0.29, 0.717) is 0 Å². The van der Waals surface area contributed by atoms with E-state index >= 15 is 0 Å². The first-order valence-electron chi connectivity index (χ1n) is 5.10. The molecule has 0 aliphatic heterocycles. The van der Waals surface area contributed by atoms with Crippen LogP contribution in [0.3, 0.4) is 0 Å². The molecule has 0 fully saturated rings. The first-order chi connectivity index (χ1) is 7.72. The van der Waals surface area contributed by atoms with Gasteiger partial charge in [0.05, 0.1) is 6.07 Å². The van der Waals surface area contributed by atoms with Crippen LogP contribution >= 0.6 is 0 Å². The van der Waals surface area contributed by atoms with Gasteiger partial charge in [0.2, 0.25) is 0 Å². The van der Waals surface area contributed by atoms with Crippen LogP contribution in [-0.4, -0.2) is 10.9 Å². The molecular formula is C13H11NO2. The average Bonchev–Trinajstić information content (AvgIpc) is 2.29. The SMILES string of the molecule is N#C[C@H]1C(O)=CC(=O)C[C@H]1c1ccccc1. The Bertz CT molecular complexity index is 470. The third-order valence-electron chi connectivity index (χ3n) is 2.82. The monoisotopic (exact) mass is 213 g/mol. The van der Waals surface area contributed by atoms with Crippen molar-refractivity contribution in [3.8, 4) is 6.07 Å². The molecule has 1 aliphatic carbocycles. The summed E-state index contributed by atoms with van der Waals surface area (Å²) in [5.74, 6) is -1.09. The number of hydrogen-bond donors (Lipinski definition) is 1. The third kappa shape index (κ3) is 1.82. The summed E-state index contributed by atoms with van der Waals surface area (Å²) in [7, 11) is 0. The molecule has 1 aromatic carbocycles. The molecule has 80 valence electrons. The number of carbonyl (C=O) groups is 1. The van der Waals surface area contributed by atoms with Crippen molar-refractivity contribution in [1.29, 1.82) is 5.26 Å².